The molecule has 0 unspecified atom stereocenters. The highest BCUT2D eigenvalue weighted by Crippen LogP contribution is 2.33. The molecule has 2 atom stereocenters. The molecule has 0 fully saturated rings. The third kappa shape index (κ3) is 4.93. The molecular formula is C22H26Cl2N2O3S. The number of carbonyl (C=O) groups is 1. The van der Waals surface area contributed by atoms with E-state index in [2.05, 4.69) is 17.4 Å². The van der Waals surface area contributed by atoms with Crippen LogP contribution in [-0.4, -0.2) is 26.6 Å². The highest BCUT2D eigenvalue weighted by molar-refractivity contribution is 7.92. The number of amides is 1. The molecule has 2 aromatic carbocycles. The summed E-state index contributed by atoms with van der Waals surface area (Å²) in [4.78, 5) is 13.2. The van der Waals surface area contributed by atoms with Crippen molar-refractivity contribution in [1.29, 1.82) is 0 Å². The van der Waals surface area contributed by atoms with Gasteiger partial charge in [0.15, 0.2) is 0 Å². The van der Waals surface area contributed by atoms with Gasteiger partial charge in [-0.05, 0) is 67.5 Å². The van der Waals surface area contributed by atoms with Crippen LogP contribution in [0.4, 0.5) is 5.69 Å². The van der Waals surface area contributed by atoms with Gasteiger partial charge in [-0.3, -0.25) is 9.10 Å². The molecule has 1 aliphatic carbocycles. The van der Waals surface area contributed by atoms with E-state index < -0.39 is 16.1 Å². The van der Waals surface area contributed by atoms with E-state index >= 15 is 0 Å². The first-order chi connectivity index (χ1) is 14.1. The van der Waals surface area contributed by atoms with Gasteiger partial charge in [-0.2, -0.15) is 0 Å². The zero-order chi connectivity index (χ0) is 22.1. The van der Waals surface area contributed by atoms with Crippen LogP contribution in [0.5, 0.6) is 0 Å². The van der Waals surface area contributed by atoms with Crippen molar-refractivity contribution >= 4 is 44.8 Å². The van der Waals surface area contributed by atoms with E-state index in [4.69, 9.17) is 23.2 Å². The maximum absolute atomic E-state index is 13.2. The Bertz CT molecular complexity index is 1060. The minimum atomic E-state index is -3.79. The van der Waals surface area contributed by atoms with Gasteiger partial charge in [-0.1, -0.05) is 48.3 Å². The van der Waals surface area contributed by atoms with E-state index in [0.717, 1.165) is 35.4 Å². The molecule has 0 saturated carbocycles. The number of anilines is 1. The van der Waals surface area contributed by atoms with Gasteiger partial charge >= 0.3 is 0 Å². The van der Waals surface area contributed by atoms with Crippen LogP contribution in [0.15, 0.2) is 36.4 Å². The Morgan fingerprint density at radius 1 is 1.13 bits per heavy atom. The lowest BCUT2D eigenvalue weighted by molar-refractivity contribution is -0.122. The molecule has 2 aromatic rings. The molecule has 0 saturated heterocycles. The summed E-state index contributed by atoms with van der Waals surface area (Å²) in [6.07, 6.45) is 4.64. The van der Waals surface area contributed by atoms with Crippen molar-refractivity contribution in [2.45, 2.75) is 51.6 Å². The zero-order valence-corrected chi connectivity index (χ0v) is 19.6. The Balaban J connectivity index is 1.88. The number of rotatable bonds is 7. The second-order valence-electron chi connectivity index (χ2n) is 7.69. The van der Waals surface area contributed by atoms with Crippen LogP contribution in [0.2, 0.25) is 10.0 Å². The van der Waals surface area contributed by atoms with Crippen LogP contribution in [0.3, 0.4) is 0 Å². The number of hydrogen-bond acceptors (Lipinski definition) is 3. The molecule has 0 aliphatic heterocycles. The first kappa shape index (κ1) is 22.9. The number of sulfonamides is 1. The standard InChI is InChI=1S/C22H26Cl2N2O3S/c1-4-20(26(30(3,28)29)21-13-18(23)10-11-19(21)24)22(27)25-14(2)16-9-8-15-6-5-7-17(15)12-16/h8-14,20H,4-7H2,1-3H3,(H,25,27)/t14-,20+/m1/s1. The molecule has 162 valence electrons. The van der Waals surface area contributed by atoms with Gasteiger partial charge in [0.25, 0.3) is 0 Å². The number of fused-ring (bicyclic) bond motifs is 1. The van der Waals surface area contributed by atoms with Gasteiger partial charge in [-0.25, -0.2) is 8.42 Å². The topological polar surface area (TPSA) is 66.5 Å². The quantitative estimate of drug-likeness (QED) is 0.627. The minimum Gasteiger partial charge on any atom is -0.348 e. The number of halogens is 2. The van der Waals surface area contributed by atoms with Crippen LogP contribution in [-0.2, 0) is 27.7 Å². The Kier molecular flexibility index (Phi) is 7.00. The van der Waals surface area contributed by atoms with Gasteiger partial charge in [0.05, 0.1) is 23.0 Å². The number of benzene rings is 2. The number of nitrogens with zero attached hydrogens (tertiary/aromatic N) is 1. The van der Waals surface area contributed by atoms with Gasteiger partial charge in [0.1, 0.15) is 6.04 Å². The Labute approximate surface area is 188 Å². The van der Waals surface area contributed by atoms with Crippen LogP contribution in [0, 0.1) is 0 Å². The Morgan fingerprint density at radius 2 is 1.83 bits per heavy atom. The first-order valence-corrected chi connectivity index (χ1v) is 12.6. The summed E-state index contributed by atoms with van der Waals surface area (Å²) in [5.74, 6) is -0.382. The molecule has 5 nitrogen and oxygen atoms in total. The molecule has 0 heterocycles. The maximum atomic E-state index is 13.2. The normalized spacial score (nSPS) is 15.4. The van der Waals surface area contributed by atoms with Crippen molar-refractivity contribution in [2.75, 3.05) is 10.6 Å². The molecule has 0 aromatic heterocycles. The van der Waals surface area contributed by atoms with Crippen molar-refractivity contribution in [3.8, 4) is 0 Å². The third-order valence-corrected chi connectivity index (χ3v) is 7.18. The number of hydrogen-bond donors (Lipinski definition) is 1. The van der Waals surface area contributed by atoms with Gasteiger partial charge in [0, 0.05) is 5.02 Å². The van der Waals surface area contributed by atoms with Gasteiger partial charge < -0.3 is 5.32 Å². The maximum Gasteiger partial charge on any atom is 0.244 e. The lowest BCUT2D eigenvalue weighted by atomic mass is 10.0. The summed E-state index contributed by atoms with van der Waals surface area (Å²) in [5, 5.41) is 3.52. The first-order valence-electron chi connectivity index (χ1n) is 9.98. The molecule has 0 radical (unpaired) electrons. The molecule has 1 aliphatic rings. The largest absolute Gasteiger partial charge is 0.348 e. The Hall–Kier alpha value is -1.76. The molecule has 0 spiro atoms. The fraction of sp³-hybridized carbons (Fsp3) is 0.409. The second kappa shape index (κ2) is 9.16. The fourth-order valence-electron chi connectivity index (χ4n) is 3.94. The highest BCUT2D eigenvalue weighted by atomic mass is 35.5. The zero-order valence-electron chi connectivity index (χ0n) is 17.3. The van der Waals surface area contributed by atoms with Crippen molar-refractivity contribution < 1.29 is 13.2 Å². The van der Waals surface area contributed by atoms with Gasteiger partial charge in [0.2, 0.25) is 15.9 Å². The monoisotopic (exact) mass is 468 g/mol. The minimum absolute atomic E-state index is 0.193. The van der Waals surface area contributed by atoms with Crippen LogP contribution < -0.4 is 9.62 Å². The second-order valence-corrected chi connectivity index (χ2v) is 10.4. The van der Waals surface area contributed by atoms with Crippen molar-refractivity contribution in [3.05, 3.63) is 63.1 Å². The van der Waals surface area contributed by atoms with E-state index in [1.807, 2.05) is 13.0 Å². The van der Waals surface area contributed by atoms with E-state index in [9.17, 15) is 13.2 Å². The molecule has 1 N–H and O–H groups in total. The van der Waals surface area contributed by atoms with Gasteiger partial charge in [-0.15, -0.1) is 0 Å². The summed E-state index contributed by atoms with van der Waals surface area (Å²) in [7, 11) is -3.79. The smallest absolute Gasteiger partial charge is 0.244 e. The summed E-state index contributed by atoms with van der Waals surface area (Å²) in [6.45, 7) is 3.67. The van der Waals surface area contributed by atoms with Crippen LogP contribution in [0.25, 0.3) is 0 Å². The van der Waals surface area contributed by atoms with E-state index in [1.54, 1.807) is 13.0 Å². The number of nitrogens with one attached hydrogen (secondary N) is 1. The predicted octanol–water partition coefficient (Wildman–Crippen LogP) is 4.90. The molecule has 0 bridgehead atoms. The molecule has 1 amide bonds. The fourth-order valence-corrected chi connectivity index (χ4v) is 5.58. The molecule has 3 rings (SSSR count). The molecule has 30 heavy (non-hydrogen) atoms. The van der Waals surface area contributed by atoms with Crippen molar-refractivity contribution in [2.24, 2.45) is 0 Å². The highest BCUT2D eigenvalue weighted by Gasteiger charge is 2.33. The van der Waals surface area contributed by atoms with Crippen LogP contribution in [0.1, 0.15) is 49.4 Å². The van der Waals surface area contributed by atoms with E-state index in [1.165, 1.54) is 23.3 Å². The summed E-state index contributed by atoms with van der Waals surface area (Å²) in [5.41, 5.74) is 3.89. The average molecular weight is 469 g/mol. The van der Waals surface area contributed by atoms with Crippen LogP contribution >= 0.6 is 23.2 Å². The number of carbonyl (C=O) groups excluding carboxylic acids is 1. The predicted molar refractivity (Wildman–Crippen MR) is 123 cm³/mol. The van der Waals surface area contributed by atoms with E-state index in [0.29, 0.717) is 5.02 Å². The molecular weight excluding hydrogens is 443 g/mol. The summed E-state index contributed by atoms with van der Waals surface area (Å²) < 4.78 is 26.3. The average Bonchev–Trinajstić information content (AvgIpc) is 3.14. The Morgan fingerprint density at radius 3 is 2.50 bits per heavy atom. The summed E-state index contributed by atoms with van der Waals surface area (Å²) >= 11 is 12.3. The summed E-state index contributed by atoms with van der Waals surface area (Å²) in [6, 6.07) is 9.63. The van der Waals surface area contributed by atoms with E-state index in [-0.39, 0.29) is 29.1 Å². The van der Waals surface area contributed by atoms with Crippen molar-refractivity contribution in [3.63, 3.8) is 0 Å². The number of aryl methyl sites for hydroxylation is 2. The SMILES string of the molecule is CC[C@@H](C(=O)N[C@H](C)c1ccc2c(c1)CCC2)N(c1cc(Cl)ccc1Cl)S(C)(=O)=O. The lowest BCUT2D eigenvalue weighted by Gasteiger charge is -2.31. The lowest BCUT2D eigenvalue weighted by Crippen LogP contribution is -2.49. The third-order valence-electron chi connectivity index (χ3n) is 5.46. The molecule has 8 heteroatoms. The van der Waals surface area contributed by atoms with Crippen molar-refractivity contribution in [1.82, 2.24) is 5.32 Å².